The van der Waals surface area contributed by atoms with Crippen LogP contribution in [0.1, 0.15) is 40.0 Å². The standard InChI is InChI=1S/C10H18O/c1-8(2)10(7-11)6-4-5-9(10)3/h7-9H,4-6H2,1-3H3. The summed E-state index contributed by atoms with van der Waals surface area (Å²) < 4.78 is 0. The van der Waals surface area contributed by atoms with E-state index >= 15 is 0 Å². The van der Waals surface area contributed by atoms with Crippen molar-refractivity contribution in [1.82, 2.24) is 0 Å². The molecule has 0 amide bonds. The highest BCUT2D eigenvalue weighted by Gasteiger charge is 2.42. The Hall–Kier alpha value is -0.330. The third-order valence-corrected chi connectivity index (χ3v) is 3.46. The van der Waals surface area contributed by atoms with E-state index in [1.807, 2.05) is 0 Å². The van der Waals surface area contributed by atoms with Crippen molar-refractivity contribution in [2.45, 2.75) is 40.0 Å². The van der Waals surface area contributed by atoms with Crippen LogP contribution < -0.4 is 0 Å². The van der Waals surface area contributed by atoms with Gasteiger partial charge in [-0.1, -0.05) is 27.2 Å². The van der Waals surface area contributed by atoms with Gasteiger partial charge in [-0.05, 0) is 24.7 Å². The smallest absolute Gasteiger partial charge is 0.126 e. The highest BCUT2D eigenvalue weighted by atomic mass is 16.1. The zero-order valence-electron chi connectivity index (χ0n) is 7.76. The van der Waals surface area contributed by atoms with Crippen molar-refractivity contribution < 1.29 is 4.79 Å². The summed E-state index contributed by atoms with van der Waals surface area (Å²) in [6.07, 6.45) is 4.78. The normalized spacial score (nSPS) is 38.0. The lowest BCUT2D eigenvalue weighted by molar-refractivity contribution is -0.120. The minimum Gasteiger partial charge on any atom is -0.303 e. The van der Waals surface area contributed by atoms with Crippen LogP contribution in [0.4, 0.5) is 0 Å². The summed E-state index contributed by atoms with van der Waals surface area (Å²) >= 11 is 0. The van der Waals surface area contributed by atoms with E-state index in [0.29, 0.717) is 11.8 Å². The van der Waals surface area contributed by atoms with Crippen molar-refractivity contribution in [2.75, 3.05) is 0 Å². The van der Waals surface area contributed by atoms with Crippen LogP contribution in [0.25, 0.3) is 0 Å². The van der Waals surface area contributed by atoms with Crippen LogP contribution in [0, 0.1) is 17.3 Å². The molecule has 64 valence electrons. The van der Waals surface area contributed by atoms with Gasteiger partial charge in [0.25, 0.3) is 0 Å². The van der Waals surface area contributed by atoms with Crippen molar-refractivity contribution in [1.29, 1.82) is 0 Å². The fraction of sp³-hybridized carbons (Fsp3) is 0.900. The maximum absolute atomic E-state index is 11.0. The van der Waals surface area contributed by atoms with Gasteiger partial charge in [-0.3, -0.25) is 0 Å². The van der Waals surface area contributed by atoms with Gasteiger partial charge in [-0.15, -0.1) is 0 Å². The van der Waals surface area contributed by atoms with Crippen molar-refractivity contribution in [3.63, 3.8) is 0 Å². The van der Waals surface area contributed by atoms with Crippen molar-refractivity contribution in [3.8, 4) is 0 Å². The molecular formula is C10H18O. The van der Waals surface area contributed by atoms with Gasteiger partial charge in [0.1, 0.15) is 6.29 Å². The molecule has 0 bridgehead atoms. The fourth-order valence-corrected chi connectivity index (χ4v) is 2.40. The lowest BCUT2D eigenvalue weighted by Gasteiger charge is -2.31. The second-order valence-electron chi connectivity index (χ2n) is 4.18. The van der Waals surface area contributed by atoms with Crippen LogP contribution in [0.2, 0.25) is 0 Å². The molecule has 1 rings (SSSR count). The van der Waals surface area contributed by atoms with Crippen LogP contribution in [0.5, 0.6) is 0 Å². The Kier molecular flexibility index (Phi) is 2.36. The number of carbonyl (C=O) groups excluding carboxylic acids is 1. The van der Waals surface area contributed by atoms with Crippen molar-refractivity contribution >= 4 is 6.29 Å². The first kappa shape index (κ1) is 8.76. The molecule has 1 aliphatic rings. The van der Waals surface area contributed by atoms with Crippen LogP contribution in [0.3, 0.4) is 0 Å². The molecule has 0 aliphatic heterocycles. The molecule has 0 spiro atoms. The second kappa shape index (κ2) is 2.96. The molecule has 2 unspecified atom stereocenters. The first-order chi connectivity index (χ1) is 5.13. The van der Waals surface area contributed by atoms with Crippen LogP contribution in [0.15, 0.2) is 0 Å². The second-order valence-corrected chi connectivity index (χ2v) is 4.18. The van der Waals surface area contributed by atoms with Gasteiger partial charge in [-0.25, -0.2) is 0 Å². The highest BCUT2D eigenvalue weighted by molar-refractivity contribution is 5.61. The summed E-state index contributed by atoms with van der Waals surface area (Å²) in [6.45, 7) is 6.54. The Bertz CT molecular complexity index is 151. The minimum absolute atomic E-state index is 0.0139. The number of carbonyl (C=O) groups is 1. The average molecular weight is 154 g/mol. The summed E-state index contributed by atoms with van der Waals surface area (Å²) in [6, 6.07) is 0. The summed E-state index contributed by atoms with van der Waals surface area (Å²) in [5, 5.41) is 0. The van der Waals surface area contributed by atoms with E-state index in [4.69, 9.17) is 0 Å². The van der Waals surface area contributed by atoms with Gasteiger partial charge in [0, 0.05) is 5.41 Å². The van der Waals surface area contributed by atoms with Gasteiger partial charge in [-0.2, -0.15) is 0 Å². The Morgan fingerprint density at radius 2 is 2.18 bits per heavy atom. The number of rotatable bonds is 2. The summed E-state index contributed by atoms with van der Waals surface area (Å²) in [5.74, 6) is 1.11. The quantitative estimate of drug-likeness (QED) is 0.559. The lowest BCUT2D eigenvalue weighted by Crippen LogP contribution is -2.31. The zero-order valence-corrected chi connectivity index (χ0v) is 7.76. The van der Waals surface area contributed by atoms with E-state index in [1.165, 1.54) is 19.1 Å². The van der Waals surface area contributed by atoms with Gasteiger partial charge in [0.2, 0.25) is 0 Å². The molecule has 0 saturated heterocycles. The Morgan fingerprint density at radius 1 is 1.55 bits per heavy atom. The fourth-order valence-electron chi connectivity index (χ4n) is 2.40. The maximum Gasteiger partial charge on any atom is 0.126 e. The predicted octanol–water partition coefficient (Wildman–Crippen LogP) is 2.65. The Labute approximate surface area is 69.2 Å². The molecule has 0 aromatic heterocycles. The first-order valence-electron chi connectivity index (χ1n) is 4.60. The molecule has 0 radical (unpaired) electrons. The van der Waals surface area contributed by atoms with E-state index in [-0.39, 0.29) is 5.41 Å². The molecule has 1 aliphatic carbocycles. The van der Waals surface area contributed by atoms with Gasteiger partial charge in [0.05, 0.1) is 0 Å². The van der Waals surface area contributed by atoms with E-state index in [9.17, 15) is 4.79 Å². The molecular weight excluding hydrogens is 136 g/mol. The highest BCUT2D eigenvalue weighted by Crippen LogP contribution is 2.46. The minimum atomic E-state index is 0.0139. The van der Waals surface area contributed by atoms with Gasteiger partial charge in [0.15, 0.2) is 0 Å². The topological polar surface area (TPSA) is 17.1 Å². The maximum atomic E-state index is 11.0. The third-order valence-electron chi connectivity index (χ3n) is 3.46. The molecule has 0 aromatic rings. The largest absolute Gasteiger partial charge is 0.303 e. The van der Waals surface area contributed by atoms with E-state index < -0.39 is 0 Å². The van der Waals surface area contributed by atoms with Crippen molar-refractivity contribution in [2.24, 2.45) is 17.3 Å². The molecule has 1 nitrogen and oxygen atoms in total. The lowest BCUT2D eigenvalue weighted by atomic mass is 9.71. The molecule has 2 atom stereocenters. The Balaban J connectivity index is 2.81. The van der Waals surface area contributed by atoms with Crippen LogP contribution in [-0.2, 0) is 4.79 Å². The Morgan fingerprint density at radius 3 is 2.36 bits per heavy atom. The summed E-state index contributed by atoms with van der Waals surface area (Å²) in [4.78, 5) is 11.0. The molecule has 0 aromatic carbocycles. The number of hydrogen-bond acceptors (Lipinski definition) is 1. The SMILES string of the molecule is CC(C)C1(C=O)CCCC1C. The predicted molar refractivity (Wildman–Crippen MR) is 46.4 cm³/mol. The van der Waals surface area contributed by atoms with Crippen LogP contribution >= 0.6 is 0 Å². The molecule has 1 fully saturated rings. The summed E-state index contributed by atoms with van der Waals surface area (Å²) in [5.41, 5.74) is 0.0139. The van der Waals surface area contributed by atoms with Crippen LogP contribution in [-0.4, -0.2) is 6.29 Å². The first-order valence-corrected chi connectivity index (χ1v) is 4.60. The number of aldehydes is 1. The summed E-state index contributed by atoms with van der Waals surface area (Å²) in [7, 11) is 0. The molecule has 0 heterocycles. The monoisotopic (exact) mass is 154 g/mol. The van der Waals surface area contributed by atoms with E-state index in [0.717, 1.165) is 6.42 Å². The molecule has 1 heteroatoms. The van der Waals surface area contributed by atoms with Gasteiger partial charge >= 0.3 is 0 Å². The third kappa shape index (κ3) is 1.21. The number of hydrogen-bond donors (Lipinski definition) is 0. The molecule has 11 heavy (non-hydrogen) atoms. The average Bonchev–Trinajstić information content (AvgIpc) is 2.32. The van der Waals surface area contributed by atoms with E-state index in [1.54, 1.807) is 0 Å². The molecule has 1 saturated carbocycles. The zero-order chi connectivity index (χ0) is 8.48. The van der Waals surface area contributed by atoms with E-state index in [2.05, 4.69) is 20.8 Å². The van der Waals surface area contributed by atoms with Crippen molar-refractivity contribution in [3.05, 3.63) is 0 Å². The van der Waals surface area contributed by atoms with Gasteiger partial charge < -0.3 is 4.79 Å². The molecule has 0 N–H and O–H groups in total.